The van der Waals surface area contributed by atoms with Gasteiger partial charge in [0.1, 0.15) is 0 Å². The first-order chi connectivity index (χ1) is 12.5. The average Bonchev–Trinajstić information content (AvgIpc) is 2.57. The number of hydrogen-bond donors (Lipinski definition) is 3. The molecule has 0 radical (unpaired) electrons. The van der Waals surface area contributed by atoms with Crippen LogP contribution in [0.1, 0.15) is 21.5 Å². The minimum Gasteiger partial charge on any atom is -0.478 e. The van der Waals surface area contributed by atoms with Crippen molar-refractivity contribution in [3.63, 3.8) is 0 Å². The van der Waals surface area contributed by atoms with Crippen molar-refractivity contribution in [1.29, 1.82) is 5.41 Å². The summed E-state index contributed by atoms with van der Waals surface area (Å²) in [5.74, 6) is -1.46. The summed E-state index contributed by atoms with van der Waals surface area (Å²) >= 11 is 1.29. The molecule has 0 saturated heterocycles. The van der Waals surface area contributed by atoms with Crippen LogP contribution in [0.2, 0.25) is 0 Å². The number of rotatable bonds is 4. The number of nitrogens with two attached hydrogens (primary N) is 1. The molecular weight excluding hydrogens is 376 g/mol. The van der Waals surface area contributed by atoms with E-state index < -0.39 is 32.8 Å². The fraction of sp³-hybridized carbons (Fsp3) is 0.125. The number of carboxylic acids is 1. The maximum atomic E-state index is 10.5. The standard InChI is InChI=1S/C9H12N2S.C7H4N2O6/c1-6-3-4-8(7(2)5-6)12-9(10)11;10-7(11)4-1-5(8(12)13)3-6(2-4)9(14)15/h3-5H,1-2H3,(H3,10,11);1-3H,(H,10,11). The summed E-state index contributed by atoms with van der Waals surface area (Å²) in [6, 6.07) is 8.33. The molecule has 0 heterocycles. The normalized spacial score (nSPS) is 9.70. The van der Waals surface area contributed by atoms with E-state index in [1.807, 2.05) is 19.1 Å². The van der Waals surface area contributed by atoms with E-state index in [9.17, 15) is 25.0 Å². The molecule has 4 N–H and O–H groups in total. The Kier molecular flexibility index (Phi) is 7.42. The second kappa shape index (κ2) is 9.29. The lowest BCUT2D eigenvalue weighted by Gasteiger charge is -2.03. The lowest BCUT2D eigenvalue weighted by molar-refractivity contribution is -0.394. The summed E-state index contributed by atoms with van der Waals surface area (Å²) in [4.78, 5) is 30.5. The largest absolute Gasteiger partial charge is 0.478 e. The monoisotopic (exact) mass is 392 g/mol. The molecule has 2 aromatic rings. The van der Waals surface area contributed by atoms with Gasteiger partial charge in [-0.3, -0.25) is 25.6 Å². The van der Waals surface area contributed by atoms with Crippen LogP contribution < -0.4 is 5.73 Å². The molecular formula is C16H16N4O6S. The van der Waals surface area contributed by atoms with E-state index in [4.69, 9.17) is 16.2 Å². The number of aromatic carboxylic acids is 1. The van der Waals surface area contributed by atoms with Crippen LogP contribution in [-0.2, 0) is 0 Å². The third kappa shape index (κ3) is 6.74. The van der Waals surface area contributed by atoms with Crippen molar-refractivity contribution >= 4 is 34.3 Å². The summed E-state index contributed by atoms with van der Waals surface area (Å²) in [5, 5.41) is 36.5. The van der Waals surface area contributed by atoms with Gasteiger partial charge >= 0.3 is 5.97 Å². The first kappa shape index (κ1) is 21.6. The summed E-state index contributed by atoms with van der Waals surface area (Å²) < 4.78 is 0. The number of nitrogens with zero attached hydrogens (tertiary/aromatic N) is 2. The van der Waals surface area contributed by atoms with Gasteiger partial charge in [-0.05, 0) is 25.5 Å². The van der Waals surface area contributed by atoms with Crippen LogP contribution >= 0.6 is 11.8 Å². The zero-order valence-corrected chi connectivity index (χ0v) is 15.1. The highest BCUT2D eigenvalue weighted by Gasteiger charge is 2.19. The van der Waals surface area contributed by atoms with Gasteiger partial charge in [0.2, 0.25) is 0 Å². The molecule has 0 spiro atoms. The van der Waals surface area contributed by atoms with Gasteiger partial charge in [-0.1, -0.05) is 29.5 Å². The van der Waals surface area contributed by atoms with Crippen molar-refractivity contribution in [3.05, 3.63) is 73.3 Å². The minimum absolute atomic E-state index is 0.141. The number of carboxylic acid groups (broad SMARTS) is 1. The van der Waals surface area contributed by atoms with Crippen molar-refractivity contribution in [2.24, 2.45) is 5.73 Å². The van der Waals surface area contributed by atoms with Crippen LogP contribution in [0.5, 0.6) is 0 Å². The van der Waals surface area contributed by atoms with E-state index in [2.05, 4.69) is 13.0 Å². The molecule has 0 bridgehead atoms. The highest BCUT2D eigenvalue weighted by molar-refractivity contribution is 8.13. The van der Waals surface area contributed by atoms with Gasteiger partial charge in [0, 0.05) is 17.0 Å². The van der Waals surface area contributed by atoms with Crippen LogP contribution in [0.4, 0.5) is 11.4 Å². The van der Waals surface area contributed by atoms with Crippen LogP contribution in [0.25, 0.3) is 0 Å². The van der Waals surface area contributed by atoms with Gasteiger partial charge in [-0.25, -0.2) is 4.79 Å². The number of non-ortho nitro benzene ring substituents is 2. The number of benzene rings is 2. The Balaban J connectivity index is 0.000000277. The number of amidine groups is 1. The molecule has 0 saturated carbocycles. The number of nitro benzene ring substituents is 2. The van der Waals surface area contributed by atoms with Crippen LogP contribution in [0.3, 0.4) is 0 Å². The van der Waals surface area contributed by atoms with Crippen LogP contribution in [0.15, 0.2) is 41.3 Å². The van der Waals surface area contributed by atoms with Gasteiger partial charge in [-0.15, -0.1) is 0 Å². The Hall–Kier alpha value is -3.47. The minimum atomic E-state index is -1.46. The summed E-state index contributed by atoms with van der Waals surface area (Å²) in [7, 11) is 0. The van der Waals surface area contributed by atoms with E-state index in [0.717, 1.165) is 17.0 Å². The molecule has 0 atom stereocenters. The lowest BCUT2D eigenvalue weighted by Crippen LogP contribution is -2.03. The Bertz CT molecular complexity index is 837. The predicted molar refractivity (Wildman–Crippen MR) is 100 cm³/mol. The van der Waals surface area contributed by atoms with E-state index in [1.54, 1.807) is 0 Å². The van der Waals surface area contributed by atoms with Gasteiger partial charge in [0.15, 0.2) is 5.17 Å². The van der Waals surface area contributed by atoms with Gasteiger partial charge < -0.3 is 10.8 Å². The quantitative estimate of drug-likeness (QED) is 0.233. The van der Waals surface area contributed by atoms with Crippen molar-refractivity contribution in [1.82, 2.24) is 0 Å². The molecule has 0 aliphatic rings. The Labute approximate surface area is 157 Å². The number of carbonyl (C=O) groups is 1. The van der Waals surface area contributed by atoms with Crippen LogP contribution in [0, 0.1) is 39.5 Å². The van der Waals surface area contributed by atoms with Crippen molar-refractivity contribution < 1.29 is 19.7 Å². The lowest BCUT2D eigenvalue weighted by atomic mass is 10.2. The zero-order valence-electron chi connectivity index (χ0n) is 14.3. The molecule has 27 heavy (non-hydrogen) atoms. The average molecular weight is 392 g/mol. The van der Waals surface area contributed by atoms with E-state index in [-0.39, 0.29) is 5.17 Å². The Morgan fingerprint density at radius 3 is 1.96 bits per heavy atom. The fourth-order valence-corrected chi connectivity index (χ4v) is 2.55. The topological polar surface area (TPSA) is 173 Å². The predicted octanol–water partition coefficient (Wildman–Crippen LogP) is 3.49. The Morgan fingerprint density at radius 2 is 1.59 bits per heavy atom. The maximum absolute atomic E-state index is 10.5. The molecule has 0 amide bonds. The molecule has 0 aliphatic heterocycles. The van der Waals surface area contributed by atoms with Gasteiger partial charge in [0.05, 0.1) is 21.5 Å². The SMILES string of the molecule is Cc1ccc(SC(=N)N)c(C)c1.O=C(O)c1cc([N+](=O)[O-])cc([N+](=O)[O-])c1. The molecule has 142 valence electrons. The van der Waals surface area contributed by atoms with E-state index >= 15 is 0 Å². The number of hydrogen-bond acceptors (Lipinski definition) is 7. The van der Waals surface area contributed by atoms with E-state index in [1.165, 1.54) is 22.9 Å². The third-order valence-electron chi connectivity index (χ3n) is 3.12. The second-order valence-electron chi connectivity index (χ2n) is 5.29. The highest BCUT2D eigenvalue weighted by Crippen LogP contribution is 2.23. The highest BCUT2D eigenvalue weighted by atomic mass is 32.2. The zero-order chi connectivity index (χ0) is 20.7. The first-order valence-corrected chi connectivity index (χ1v) is 8.09. The number of thioether (sulfide) groups is 1. The number of nitrogens with one attached hydrogen (secondary N) is 1. The van der Waals surface area contributed by atoms with Crippen molar-refractivity contribution in [2.75, 3.05) is 0 Å². The van der Waals surface area contributed by atoms with E-state index in [0.29, 0.717) is 6.07 Å². The first-order valence-electron chi connectivity index (χ1n) is 7.27. The number of nitro groups is 2. The molecule has 11 heteroatoms. The molecule has 0 aliphatic carbocycles. The molecule has 0 unspecified atom stereocenters. The van der Waals surface area contributed by atoms with Crippen molar-refractivity contribution in [3.8, 4) is 0 Å². The molecule has 2 rings (SSSR count). The van der Waals surface area contributed by atoms with Gasteiger partial charge in [0.25, 0.3) is 11.4 Å². The summed E-state index contributed by atoms with van der Waals surface area (Å²) in [5.41, 5.74) is 5.95. The smallest absolute Gasteiger partial charge is 0.336 e. The summed E-state index contributed by atoms with van der Waals surface area (Å²) in [6.45, 7) is 4.08. The van der Waals surface area contributed by atoms with Crippen molar-refractivity contribution in [2.45, 2.75) is 18.7 Å². The third-order valence-corrected chi connectivity index (χ3v) is 4.02. The van der Waals surface area contributed by atoms with Crippen LogP contribution in [-0.4, -0.2) is 26.1 Å². The Morgan fingerprint density at radius 1 is 1.07 bits per heavy atom. The summed E-state index contributed by atoms with van der Waals surface area (Å²) in [6.07, 6.45) is 0. The molecule has 10 nitrogen and oxygen atoms in total. The maximum Gasteiger partial charge on any atom is 0.336 e. The molecule has 0 fully saturated rings. The second-order valence-corrected chi connectivity index (χ2v) is 6.38. The molecule has 0 aromatic heterocycles. The van der Waals surface area contributed by atoms with Gasteiger partial charge in [-0.2, -0.15) is 0 Å². The number of aryl methyl sites for hydroxylation is 2. The molecule has 2 aromatic carbocycles. The fourth-order valence-electron chi connectivity index (χ4n) is 1.96.